The summed E-state index contributed by atoms with van der Waals surface area (Å²) in [5.74, 6) is -0.0544. The van der Waals surface area contributed by atoms with Gasteiger partial charge in [-0.1, -0.05) is 13.8 Å². The second-order valence-electron chi connectivity index (χ2n) is 6.38. The van der Waals surface area contributed by atoms with E-state index in [1.807, 2.05) is 0 Å². The normalized spacial score (nSPS) is 30.2. The predicted octanol–water partition coefficient (Wildman–Crippen LogP) is 1.99. The Kier molecular flexibility index (Phi) is 4.28. The quantitative estimate of drug-likeness (QED) is 0.838. The molecule has 18 heavy (non-hydrogen) atoms. The van der Waals surface area contributed by atoms with Crippen LogP contribution in [0.25, 0.3) is 0 Å². The molecular weight excluding hydrogens is 230 g/mol. The first-order valence-corrected chi connectivity index (χ1v) is 7.05. The summed E-state index contributed by atoms with van der Waals surface area (Å²) in [6.45, 7) is 7.69. The lowest BCUT2D eigenvalue weighted by Crippen LogP contribution is -2.55. The van der Waals surface area contributed by atoms with E-state index in [-0.39, 0.29) is 11.5 Å². The van der Waals surface area contributed by atoms with Gasteiger partial charge in [0.15, 0.2) is 0 Å². The molecule has 4 heteroatoms. The van der Waals surface area contributed by atoms with Crippen LogP contribution < -0.4 is 0 Å². The van der Waals surface area contributed by atoms with Crippen molar-refractivity contribution in [3.05, 3.63) is 0 Å². The molecule has 0 saturated carbocycles. The van der Waals surface area contributed by atoms with Crippen LogP contribution in [0.4, 0.5) is 0 Å². The molecule has 1 atom stereocenters. The monoisotopic (exact) mass is 255 g/mol. The molecule has 1 N–H and O–H groups in total. The molecule has 0 amide bonds. The smallest absolute Gasteiger partial charge is 0.321 e. The van der Waals surface area contributed by atoms with E-state index >= 15 is 0 Å². The van der Waals surface area contributed by atoms with Gasteiger partial charge >= 0.3 is 5.97 Å². The van der Waals surface area contributed by atoms with Crippen molar-refractivity contribution in [2.24, 2.45) is 11.3 Å². The summed E-state index contributed by atoms with van der Waals surface area (Å²) in [5.41, 5.74) is -0.116. The van der Waals surface area contributed by atoms with Crippen molar-refractivity contribution in [3.63, 3.8) is 0 Å². The molecule has 104 valence electrons. The number of aliphatic carboxylic acids is 1. The van der Waals surface area contributed by atoms with Crippen molar-refractivity contribution in [3.8, 4) is 0 Å². The van der Waals surface area contributed by atoms with Crippen LogP contribution in [0.2, 0.25) is 0 Å². The number of carboxylic acids is 1. The highest BCUT2D eigenvalue weighted by atomic mass is 16.5. The molecule has 2 fully saturated rings. The molecule has 1 unspecified atom stereocenters. The van der Waals surface area contributed by atoms with E-state index in [4.69, 9.17) is 4.74 Å². The number of carboxylic acid groups (broad SMARTS) is 1. The molecule has 0 radical (unpaired) electrons. The predicted molar refractivity (Wildman–Crippen MR) is 69.6 cm³/mol. The molecule has 0 spiro atoms. The van der Waals surface area contributed by atoms with Gasteiger partial charge in [-0.05, 0) is 43.6 Å². The second-order valence-corrected chi connectivity index (χ2v) is 6.38. The van der Waals surface area contributed by atoms with Gasteiger partial charge < -0.3 is 9.84 Å². The third-order valence-electron chi connectivity index (χ3n) is 4.44. The van der Waals surface area contributed by atoms with Gasteiger partial charge in [0.25, 0.3) is 0 Å². The van der Waals surface area contributed by atoms with E-state index in [2.05, 4.69) is 18.7 Å². The fourth-order valence-electron chi connectivity index (χ4n) is 3.45. The number of carbonyl (C=O) groups is 1. The minimum absolute atomic E-state index is 0.116. The topological polar surface area (TPSA) is 49.8 Å². The first-order chi connectivity index (χ1) is 8.50. The lowest BCUT2D eigenvalue weighted by atomic mass is 9.76. The Morgan fingerprint density at radius 3 is 2.67 bits per heavy atom. The van der Waals surface area contributed by atoms with Gasteiger partial charge in [0.2, 0.25) is 0 Å². The number of piperidine rings is 1. The molecule has 0 aromatic carbocycles. The van der Waals surface area contributed by atoms with E-state index < -0.39 is 5.97 Å². The van der Waals surface area contributed by atoms with Gasteiger partial charge in [-0.2, -0.15) is 0 Å². The maximum Gasteiger partial charge on any atom is 0.321 e. The maximum absolute atomic E-state index is 11.6. The highest BCUT2D eigenvalue weighted by molar-refractivity contribution is 5.74. The molecule has 0 aromatic rings. The second kappa shape index (κ2) is 5.57. The third kappa shape index (κ3) is 3.04. The van der Waals surface area contributed by atoms with E-state index in [1.54, 1.807) is 0 Å². The van der Waals surface area contributed by atoms with Crippen LogP contribution in [0.3, 0.4) is 0 Å². The Bertz CT molecular complexity index is 297. The Morgan fingerprint density at radius 1 is 1.39 bits per heavy atom. The Morgan fingerprint density at radius 2 is 2.06 bits per heavy atom. The van der Waals surface area contributed by atoms with Crippen molar-refractivity contribution < 1.29 is 14.6 Å². The molecule has 0 bridgehead atoms. The summed E-state index contributed by atoms with van der Waals surface area (Å²) < 4.78 is 5.37. The van der Waals surface area contributed by atoms with E-state index in [9.17, 15) is 9.90 Å². The Hall–Kier alpha value is -0.610. The van der Waals surface area contributed by atoms with Gasteiger partial charge in [-0.15, -0.1) is 0 Å². The molecule has 2 aliphatic heterocycles. The van der Waals surface area contributed by atoms with Crippen molar-refractivity contribution >= 4 is 5.97 Å². The summed E-state index contributed by atoms with van der Waals surface area (Å²) >= 11 is 0. The zero-order valence-corrected chi connectivity index (χ0v) is 11.5. The van der Waals surface area contributed by atoms with Crippen LogP contribution in [-0.2, 0) is 9.53 Å². The van der Waals surface area contributed by atoms with Gasteiger partial charge in [0.05, 0.1) is 0 Å². The molecule has 0 aromatic heterocycles. The van der Waals surface area contributed by atoms with Crippen molar-refractivity contribution in [1.82, 2.24) is 4.90 Å². The van der Waals surface area contributed by atoms with E-state index in [0.29, 0.717) is 5.92 Å². The fraction of sp³-hybridized carbons (Fsp3) is 0.929. The molecule has 0 aliphatic carbocycles. The summed E-state index contributed by atoms with van der Waals surface area (Å²) in [4.78, 5) is 13.8. The molecule has 4 nitrogen and oxygen atoms in total. The average molecular weight is 255 g/mol. The van der Waals surface area contributed by atoms with Crippen LogP contribution in [0.1, 0.15) is 39.5 Å². The Labute approximate surface area is 109 Å². The van der Waals surface area contributed by atoms with Crippen LogP contribution in [0.5, 0.6) is 0 Å². The largest absolute Gasteiger partial charge is 0.480 e. The minimum atomic E-state index is -0.660. The van der Waals surface area contributed by atoms with E-state index in [0.717, 1.165) is 52.0 Å². The summed E-state index contributed by atoms with van der Waals surface area (Å²) in [6, 6.07) is -0.325. The molecular formula is C14H25NO3. The highest BCUT2D eigenvalue weighted by Gasteiger charge is 2.42. The maximum atomic E-state index is 11.6. The molecule has 2 heterocycles. The van der Waals surface area contributed by atoms with Crippen LogP contribution in [-0.4, -0.2) is 48.3 Å². The number of likely N-dealkylation sites (tertiary alicyclic amines) is 1. The standard InChI is InChI=1S/C14H25NO3/c1-14(2)6-3-7-15(12(14)13(16)17)10-11-4-8-18-9-5-11/h11-12H,3-10H2,1-2H3,(H,16,17). The first kappa shape index (κ1) is 13.8. The Balaban J connectivity index is 2.02. The number of hydrogen-bond donors (Lipinski definition) is 1. The highest BCUT2D eigenvalue weighted by Crippen LogP contribution is 2.36. The SMILES string of the molecule is CC1(C)CCCN(CC2CCOCC2)C1C(=O)O. The van der Waals surface area contributed by atoms with Crippen LogP contribution >= 0.6 is 0 Å². The zero-order chi connectivity index (χ0) is 13.2. The number of ether oxygens (including phenoxy) is 1. The van der Waals surface area contributed by atoms with E-state index in [1.165, 1.54) is 0 Å². The van der Waals surface area contributed by atoms with Gasteiger partial charge in [-0.3, -0.25) is 9.69 Å². The van der Waals surface area contributed by atoms with Gasteiger partial charge in [0.1, 0.15) is 6.04 Å². The van der Waals surface area contributed by atoms with Crippen molar-refractivity contribution in [2.75, 3.05) is 26.3 Å². The van der Waals surface area contributed by atoms with Crippen LogP contribution in [0, 0.1) is 11.3 Å². The molecule has 2 aliphatic rings. The lowest BCUT2D eigenvalue weighted by Gasteiger charge is -2.45. The fourth-order valence-corrected chi connectivity index (χ4v) is 3.45. The van der Waals surface area contributed by atoms with Gasteiger partial charge in [0, 0.05) is 19.8 Å². The molecule has 2 saturated heterocycles. The summed E-state index contributed by atoms with van der Waals surface area (Å²) in [7, 11) is 0. The third-order valence-corrected chi connectivity index (χ3v) is 4.44. The minimum Gasteiger partial charge on any atom is -0.480 e. The number of hydrogen-bond acceptors (Lipinski definition) is 3. The van der Waals surface area contributed by atoms with Crippen molar-refractivity contribution in [2.45, 2.75) is 45.6 Å². The first-order valence-electron chi connectivity index (χ1n) is 7.05. The summed E-state index contributed by atoms with van der Waals surface area (Å²) in [6.07, 6.45) is 4.26. The number of nitrogens with zero attached hydrogens (tertiary/aromatic N) is 1. The number of rotatable bonds is 3. The summed E-state index contributed by atoms with van der Waals surface area (Å²) in [5, 5.41) is 9.51. The van der Waals surface area contributed by atoms with Crippen LogP contribution in [0.15, 0.2) is 0 Å². The van der Waals surface area contributed by atoms with Crippen molar-refractivity contribution in [1.29, 1.82) is 0 Å². The molecule has 2 rings (SSSR count). The zero-order valence-electron chi connectivity index (χ0n) is 11.5. The average Bonchev–Trinajstić information content (AvgIpc) is 2.28. The van der Waals surface area contributed by atoms with Gasteiger partial charge in [-0.25, -0.2) is 0 Å². The lowest BCUT2D eigenvalue weighted by molar-refractivity contribution is -0.151.